The number of aromatic nitrogens is 1. The molecule has 1 aromatic carbocycles. The minimum absolute atomic E-state index is 0.0659. The van der Waals surface area contributed by atoms with E-state index in [4.69, 9.17) is 0 Å². The average molecular weight is 364 g/mol. The van der Waals surface area contributed by atoms with E-state index in [0.717, 1.165) is 9.35 Å². The number of nitro benzene ring substituents is 1. The van der Waals surface area contributed by atoms with Crippen molar-refractivity contribution in [2.24, 2.45) is 0 Å². The molecule has 0 aliphatic carbocycles. The van der Waals surface area contributed by atoms with Crippen LogP contribution in [-0.2, 0) is 6.54 Å². The zero-order valence-corrected chi connectivity index (χ0v) is 13.1. The second kappa shape index (κ2) is 5.79. The Morgan fingerprint density at radius 2 is 2.24 bits per heavy atom. The summed E-state index contributed by atoms with van der Waals surface area (Å²) in [5, 5.41) is 17.0. The fourth-order valence-electron chi connectivity index (χ4n) is 2.11. The lowest BCUT2D eigenvalue weighted by molar-refractivity contribution is -0.382. The van der Waals surface area contributed by atoms with Gasteiger partial charge in [-0.25, -0.2) is 0 Å². The molecule has 7 heteroatoms. The standard InChI is InChI=1S/C14H10BrN3O2S/c15-9-6-10(21-8-9)7-17-13-4-3-12-11(2-1-5-16-12)14(13)18(19)20/h1-6,8,17H,7H2. The monoisotopic (exact) mass is 363 g/mol. The molecule has 21 heavy (non-hydrogen) atoms. The number of hydrogen-bond donors (Lipinski definition) is 1. The second-order valence-electron chi connectivity index (χ2n) is 4.37. The van der Waals surface area contributed by atoms with Gasteiger partial charge in [0.15, 0.2) is 0 Å². The first-order chi connectivity index (χ1) is 10.1. The Labute approximate surface area is 132 Å². The summed E-state index contributed by atoms with van der Waals surface area (Å²) in [5.41, 5.74) is 1.19. The third-order valence-corrected chi connectivity index (χ3v) is 4.71. The molecule has 0 radical (unpaired) electrons. The number of anilines is 1. The van der Waals surface area contributed by atoms with E-state index in [9.17, 15) is 10.1 Å². The molecule has 1 N–H and O–H groups in total. The number of nitrogens with one attached hydrogen (secondary N) is 1. The van der Waals surface area contributed by atoms with Crippen LogP contribution in [0.5, 0.6) is 0 Å². The molecule has 5 nitrogen and oxygen atoms in total. The summed E-state index contributed by atoms with van der Waals surface area (Å²) in [6.45, 7) is 0.545. The highest BCUT2D eigenvalue weighted by Gasteiger charge is 2.18. The highest BCUT2D eigenvalue weighted by atomic mass is 79.9. The summed E-state index contributed by atoms with van der Waals surface area (Å²) in [6.07, 6.45) is 1.63. The predicted molar refractivity (Wildman–Crippen MR) is 87.7 cm³/mol. The number of benzene rings is 1. The first kappa shape index (κ1) is 14.0. The van der Waals surface area contributed by atoms with E-state index >= 15 is 0 Å². The molecule has 3 aromatic rings. The van der Waals surface area contributed by atoms with Crippen LogP contribution in [0.3, 0.4) is 0 Å². The number of halogens is 1. The molecule has 0 bridgehead atoms. The van der Waals surface area contributed by atoms with Crippen molar-refractivity contribution in [2.45, 2.75) is 6.54 Å². The predicted octanol–water partition coefficient (Wildman–Crippen LogP) is 4.58. The van der Waals surface area contributed by atoms with Crippen LogP contribution in [0, 0.1) is 10.1 Å². The summed E-state index contributed by atoms with van der Waals surface area (Å²) < 4.78 is 1.02. The maximum absolute atomic E-state index is 11.4. The van der Waals surface area contributed by atoms with Crippen LogP contribution in [-0.4, -0.2) is 9.91 Å². The van der Waals surface area contributed by atoms with Gasteiger partial charge in [-0.1, -0.05) is 0 Å². The van der Waals surface area contributed by atoms with Gasteiger partial charge in [0.25, 0.3) is 0 Å². The fraction of sp³-hybridized carbons (Fsp3) is 0.0714. The van der Waals surface area contributed by atoms with Gasteiger partial charge in [-0.15, -0.1) is 11.3 Å². The molecule has 0 amide bonds. The van der Waals surface area contributed by atoms with Gasteiger partial charge < -0.3 is 5.32 Å². The molecule has 0 unspecified atom stereocenters. The van der Waals surface area contributed by atoms with E-state index in [1.54, 1.807) is 41.8 Å². The van der Waals surface area contributed by atoms with Crippen molar-refractivity contribution in [3.8, 4) is 0 Å². The Morgan fingerprint density at radius 1 is 1.38 bits per heavy atom. The fourth-order valence-corrected chi connectivity index (χ4v) is 3.50. The summed E-state index contributed by atoms with van der Waals surface area (Å²) in [6, 6.07) is 8.90. The smallest absolute Gasteiger partial charge is 0.301 e. The van der Waals surface area contributed by atoms with Crippen molar-refractivity contribution in [2.75, 3.05) is 5.32 Å². The van der Waals surface area contributed by atoms with E-state index in [1.807, 2.05) is 11.4 Å². The molecule has 0 aliphatic heterocycles. The first-order valence-electron chi connectivity index (χ1n) is 6.14. The molecular weight excluding hydrogens is 354 g/mol. The second-order valence-corrected chi connectivity index (χ2v) is 6.29. The molecule has 0 fully saturated rings. The van der Waals surface area contributed by atoms with Crippen LogP contribution in [0.1, 0.15) is 4.88 Å². The SMILES string of the molecule is O=[N+]([O-])c1c(NCc2cc(Br)cs2)ccc2ncccc12. The lowest BCUT2D eigenvalue weighted by Gasteiger charge is -2.07. The number of fused-ring (bicyclic) bond motifs is 1. The van der Waals surface area contributed by atoms with Crippen molar-refractivity contribution < 1.29 is 4.92 Å². The van der Waals surface area contributed by atoms with Crippen LogP contribution in [0.25, 0.3) is 10.9 Å². The number of pyridine rings is 1. The molecule has 0 spiro atoms. The van der Waals surface area contributed by atoms with Gasteiger partial charge in [0.1, 0.15) is 5.69 Å². The van der Waals surface area contributed by atoms with Gasteiger partial charge >= 0.3 is 5.69 Å². The number of nitro groups is 1. The van der Waals surface area contributed by atoms with Crippen LogP contribution < -0.4 is 5.32 Å². The Hall–Kier alpha value is -1.99. The van der Waals surface area contributed by atoms with Gasteiger partial charge in [0.05, 0.1) is 15.8 Å². The van der Waals surface area contributed by atoms with Crippen molar-refractivity contribution in [3.63, 3.8) is 0 Å². The normalized spacial score (nSPS) is 10.7. The average Bonchev–Trinajstić information content (AvgIpc) is 2.89. The van der Waals surface area contributed by atoms with E-state index < -0.39 is 0 Å². The highest BCUT2D eigenvalue weighted by Crippen LogP contribution is 2.33. The Balaban J connectivity index is 1.97. The van der Waals surface area contributed by atoms with Gasteiger partial charge in [0, 0.05) is 27.5 Å². The van der Waals surface area contributed by atoms with Crippen LogP contribution in [0.4, 0.5) is 11.4 Å². The zero-order valence-electron chi connectivity index (χ0n) is 10.7. The zero-order chi connectivity index (χ0) is 14.8. The number of nitrogens with zero attached hydrogens (tertiary/aromatic N) is 2. The molecular formula is C14H10BrN3O2S. The van der Waals surface area contributed by atoms with Crippen LogP contribution >= 0.6 is 27.3 Å². The third kappa shape index (κ3) is 2.88. The lowest BCUT2D eigenvalue weighted by atomic mass is 10.1. The van der Waals surface area contributed by atoms with Gasteiger partial charge in [-0.2, -0.15) is 0 Å². The summed E-state index contributed by atoms with van der Waals surface area (Å²) in [5.74, 6) is 0. The minimum atomic E-state index is -0.364. The summed E-state index contributed by atoms with van der Waals surface area (Å²) >= 11 is 4.99. The number of hydrogen-bond acceptors (Lipinski definition) is 5. The first-order valence-corrected chi connectivity index (χ1v) is 7.81. The molecule has 0 aliphatic rings. The molecule has 3 rings (SSSR count). The maximum Gasteiger partial charge on any atom is 0.301 e. The summed E-state index contributed by atoms with van der Waals surface area (Å²) in [7, 11) is 0. The van der Waals surface area contributed by atoms with Crippen molar-refractivity contribution in [3.05, 3.63) is 61.4 Å². The topological polar surface area (TPSA) is 68.1 Å². The van der Waals surface area contributed by atoms with E-state index in [-0.39, 0.29) is 10.6 Å². The van der Waals surface area contributed by atoms with Gasteiger partial charge in [-0.3, -0.25) is 15.1 Å². The van der Waals surface area contributed by atoms with Crippen molar-refractivity contribution in [1.82, 2.24) is 4.98 Å². The van der Waals surface area contributed by atoms with Gasteiger partial charge in [-0.05, 0) is 46.3 Å². The molecule has 2 heterocycles. The minimum Gasteiger partial charge on any atom is -0.375 e. The lowest BCUT2D eigenvalue weighted by Crippen LogP contribution is -2.02. The molecule has 106 valence electrons. The van der Waals surface area contributed by atoms with E-state index in [0.29, 0.717) is 23.1 Å². The molecule has 0 atom stereocenters. The van der Waals surface area contributed by atoms with Crippen LogP contribution in [0.15, 0.2) is 46.4 Å². The molecule has 0 saturated heterocycles. The molecule has 2 aromatic heterocycles. The van der Waals surface area contributed by atoms with Crippen LogP contribution in [0.2, 0.25) is 0 Å². The van der Waals surface area contributed by atoms with E-state index in [1.165, 1.54) is 0 Å². The van der Waals surface area contributed by atoms with Crippen molar-refractivity contribution >= 4 is 49.5 Å². The highest BCUT2D eigenvalue weighted by molar-refractivity contribution is 9.10. The quantitative estimate of drug-likeness (QED) is 0.544. The third-order valence-electron chi connectivity index (χ3n) is 3.01. The number of rotatable bonds is 4. The maximum atomic E-state index is 11.4. The van der Waals surface area contributed by atoms with Gasteiger partial charge in [0.2, 0.25) is 0 Å². The Bertz CT molecular complexity index is 819. The Kier molecular flexibility index (Phi) is 3.85. The Morgan fingerprint density at radius 3 is 2.95 bits per heavy atom. The molecule has 0 saturated carbocycles. The largest absolute Gasteiger partial charge is 0.375 e. The van der Waals surface area contributed by atoms with E-state index in [2.05, 4.69) is 26.2 Å². The summed E-state index contributed by atoms with van der Waals surface area (Å²) in [4.78, 5) is 16.3. The number of thiophene rings is 1. The van der Waals surface area contributed by atoms with Crippen molar-refractivity contribution in [1.29, 1.82) is 0 Å².